The maximum Gasteiger partial charge on any atom is 0.161 e. The lowest BCUT2D eigenvalue weighted by Crippen LogP contribution is -2.27. The van der Waals surface area contributed by atoms with E-state index in [2.05, 4.69) is 50.5 Å². The van der Waals surface area contributed by atoms with E-state index in [9.17, 15) is 0 Å². The summed E-state index contributed by atoms with van der Waals surface area (Å²) in [4.78, 5) is 10.8. The molecule has 1 saturated heterocycles. The van der Waals surface area contributed by atoms with Crippen LogP contribution in [0, 0.1) is 23.2 Å². The zero-order chi connectivity index (χ0) is 14.9. The van der Waals surface area contributed by atoms with Crippen LogP contribution in [-0.4, -0.2) is 34.0 Å². The van der Waals surface area contributed by atoms with Crippen LogP contribution >= 0.6 is 0 Å². The zero-order valence-electron chi connectivity index (χ0n) is 12.2. The van der Waals surface area contributed by atoms with Crippen LogP contribution in [0.3, 0.4) is 0 Å². The van der Waals surface area contributed by atoms with E-state index in [1.165, 1.54) is 11.8 Å². The molecule has 5 heteroatoms. The molecule has 22 heavy (non-hydrogen) atoms. The first-order valence-corrected chi connectivity index (χ1v) is 7.58. The summed E-state index contributed by atoms with van der Waals surface area (Å²) in [6.07, 6.45) is 3.18. The summed E-state index contributed by atoms with van der Waals surface area (Å²) < 4.78 is 0. The molecule has 2 fully saturated rings. The van der Waals surface area contributed by atoms with Crippen LogP contribution in [0.4, 0.5) is 5.82 Å². The molecular formula is C17H17N5. The van der Waals surface area contributed by atoms with Crippen LogP contribution < -0.4 is 5.32 Å². The van der Waals surface area contributed by atoms with Gasteiger partial charge >= 0.3 is 0 Å². The number of hydrogen-bond acceptors (Lipinski definition) is 5. The Balaban J connectivity index is 1.32. The molecule has 0 spiro atoms. The van der Waals surface area contributed by atoms with E-state index >= 15 is 0 Å². The second-order valence-electron chi connectivity index (χ2n) is 6.08. The van der Waals surface area contributed by atoms with Crippen molar-refractivity contribution in [3.8, 4) is 6.07 Å². The van der Waals surface area contributed by atoms with Gasteiger partial charge in [0, 0.05) is 25.7 Å². The summed E-state index contributed by atoms with van der Waals surface area (Å²) >= 11 is 0. The minimum absolute atomic E-state index is 0.363. The van der Waals surface area contributed by atoms with Crippen molar-refractivity contribution in [2.24, 2.45) is 11.8 Å². The third kappa shape index (κ3) is 2.53. The highest BCUT2D eigenvalue weighted by Gasteiger charge is 2.55. The normalized spacial score (nSPS) is 26.2. The van der Waals surface area contributed by atoms with Crippen LogP contribution in [0.15, 0.2) is 42.7 Å². The molecule has 2 heterocycles. The molecule has 0 bridgehead atoms. The standard InChI is InChI=1S/C17H17N5/c18-6-13-7-19-8-16(20-13)21-17-14-10-22(11-15(14)17)9-12-4-2-1-3-5-12/h1-5,7-8,14-15,17H,9-11H2,(H,20,21)/t14-,15+,17?. The average Bonchev–Trinajstić information content (AvgIpc) is 3.00. The van der Waals surface area contributed by atoms with E-state index in [1.807, 2.05) is 6.07 Å². The number of anilines is 1. The van der Waals surface area contributed by atoms with Gasteiger partial charge in [0.15, 0.2) is 5.69 Å². The fraction of sp³-hybridized carbons (Fsp3) is 0.353. The van der Waals surface area contributed by atoms with E-state index in [0.29, 0.717) is 29.4 Å². The fourth-order valence-electron chi connectivity index (χ4n) is 3.46. The van der Waals surface area contributed by atoms with Crippen LogP contribution in [0.2, 0.25) is 0 Å². The first kappa shape index (κ1) is 13.2. The number of nitriles is 1. The second kappa shape index (κ2) is 5.39. The molecule has 2 aromatic rings. The predicted octanol–water partition coefficient (Wildman–Crippen LogP) is 1.89. The van der Waals surface area contributed by atoms with Crippen molar-refractivity contribution in [1.82, 2.24) is 14.9 Å². The van der Waals surface area contributed by atoms with Crippen LogP contribution in [0.1, 0.15) is 11.3 Å². The van der Waals surface area contributed by atoms with E-state index in [-0.39, 0.29) is 0 Å². The number of likely N-dealkylation sites (tertiary alicyclic amines) is 1. The SMILES string of the molecule is N#Cc1cncc(NC2[C@H]3CN(Cc4ccccc4)C[C@@H]23)n1. The molecule has 0 radical (unpaired) electrons. The van der Waals surface area contributed by atoms with Gasteiger partial charge in [-0.25, -0.2) is 4.98 Å². The monoisotopic (exact) mass is 291 g/mol. The topological polar surface area (TPSA) is 64.8 Å². The van der Waals surface area contributed by atoms with Gasteiger partial charge in [0.1, 0.15) is 11.9 Å². The van der Waals surface area contributed by atoms with Crippen LogP contribution in [0.5, 0.6) is 0 Å². The lowest BCUT2D eigenvalue weighted by molar-refractivity contribution is 0.292. The van der Waals surface area contributed by atoms with Crippen LogP contribution in [0.25, 0.3) is 0 Å². The van der Waals surface area contributed by atoms with Gasteiger partial charge in [0.2, 0.25) is 0 Å². The van der Waals surface area contributed by atoms with Crippen molar-refractivity contribution in [3.05, 3.63) is 54.0 Å². The molecule has 1 aliphatic carbocycles. The van der Waals surface area contributed by atoms with Gasteiger partial charge in [-0.2, -0.15) is 5.26 Å². The van der Waals surface area contributed by atoms with Gasteiger partial charge in [-0.1, -0.05) is 30.3 Å². The number of piperidine rings is 1. The summed E-state index contributed by atoms with van der Waals surface area (Å²) in [6.45, 7) is 3.29. The lowest BCUT2D eigenvalue weighted by atomic mass is 10.2. The van der Waals surface area contributed by atoms with Crippen molar-refractivity contribution in [2.75, 3.05) is 18.4 Å². The Morgan fingerprint density at radius 2 is 1.95 bits per heavy atom. The highest BCUT2D eigenvalue weighted by atomic mass is 15.2. The van der Waals surface area contributed by atoms with Crippen molar-refractivity contribution in [1.29, 1.82) is 5.26 Å². The number of aromatic nitrogens is 2. The van der Waals surface area contributed by atoms with Gasteiger partial charge in [0.25, 0.3) is 0 Å². The Bertz CT molecular complexity index is 696. The number of rotatable bonds is 4. The third-order valence-electron chi connectivity index (χ3n) is 4.58. The van der Waals surface area contributed by atoms with E-state index < -0.39 is 0 Å². The van der Waals surface area contributed by atoms with Crippen molar-refractivity contribution >= 4 is 5.82 Å². The fourth-order valence-corrected chi connectivity index (χ4v) is 3.46. The first-order chi connectivity index (χ1) is 10.8. The first-order valence-electron chi connectivity index (χ1n) is 7.58. The van der Waals surface area contributed by atoms with Gasteiger partial charge < -0.3 is 5.32 Å². The molecule has 1 aromatic carbocycles. The Hall–Kier alpha value is -2.45. The molecule has 4 rings (SSSR count). The Labute approximate surface area is 129 Å². The maximum absolute atomic E-state index is 8.86. The minimum atomic E-state index is 0.363. The molecule has 3 atom stereocenters. The maximum atomic E-state index is 8.86. The second-order valence-corrected chi connectivity index (χ2v) is 6.08. The quantitative estimate of drug-likeness (QED) is 0.932. The number of benzene rings is 1. The molecule has 1 saturated carbocycles. The highest BCUT2D eigenvalue weighted by molar-refractivity contribution is 5.39. The summed E-state index contributed by atoms with van der Waals surface area (Å²) in [6, 6.07) is 13.1. The van der Waals surface area contributed by atoms with Crippen molar-refractivity contribution < 1.29 is 0 Å². The average molecular weight is 291 g/mol. The summed E-state index contributed by atoms with van der Waals surface area (Å²) in [5, 5.41) is 12.3. The number of nitrogens with one attached hydrogen (secondary N) is 1. The lowest BCUT2D eigenvalue weighted by Gasteiger charge is -2.20. The molecule has 1 N–H and O–H groups in total. The van der Waals surface area contributed by atoms with Crippen molar-refractivity contribution in [3.63, 3.8) is 0 Å². The molecule has 1 unspecified atom stereocenters. The molecule has 1 aliphatic heterocycles. The number of hydrogen-bond donors (Lipinski definition) is 1. The molecular weight excluding hydrogens is 274 g/mol. The Kier molecular flexibility index (Phi) is 3.24. The molecule has 1 aromatic heterocycles. The summed E-state index contributed by atoms with van der Waals surface area (Å²) in [5.41, 5.74) is 1.74. The summed E-state index contributed by atoms with van der Waals surface area (Å²) in [7, 11) is 0. The van der Waals surface area contributed by atoms with E-state index in [1.54, 1.807) is 6.20 Å². The smallest absolute Gasteiger partial charge is 0.161 e. The summed E-state index contributed by atoms with van der Waals surface area (Å²) in [5.74, 6) is 2.10. The molecule has 2 aliphatic rings. The van der Waals surface area contributed by atoms with Gasteiger partial charge in [-0.3, -0.25) is 9.88 Å². The van der Waals surface area contributed by atoms with Crippen molar-refractivity contribution in [2.45, 2.75) is 12.6 Å². The van der Waals surface area contributed by atoms with Crippen LogP contribution in [-0.2, 0) is 6.54 Å². The molecule has 110 valence electrons. The third-order valence-corrected chi connectivity index (χ3v) is 4.58. The van der Waals surface area contributed by atoms with Gasteiger partial charge in [-0.15, -0.1) is 0 Å². The van der Waals surface area contributed by atoms with E-state index in [0.717, 1.165) is 19.6 Å². The minimum Gasteiger partial charge on any atom is -0.365 e. The van der Waals surface area contributed by atoms with E-state index in [4.69, 9.17) is 5.26 Å². The Morgan fingerprint density at radius 3 is 2.68 bits per heavy atom. The molecule has 0 amide bonds. The van der Waals surface area contributed by atoms with Gasteiger partial charge in [0.05, 0.1) is 12.4 Å². The van der Waals surface area contributed by atoms with Gasteiger partial charge in [-0.05, 0) is 17.4 Å². The number of fused-ring (bicyclic) bond motifs is 1. The molecule has 5 nitrogen and oxygen atoms in total. The number of nitrogens with zero attached hydrogens (tertiary/aromatic N) is 4. The Morgan fingerprint density at radius 1 is 1.18 bits per heavy atom. The largest absolute Gasteiger partial charge is 0.365 e. The highest BCUT2D eigenvalue weighted by Crippen LogP contribution is 2.47. The zero-order valence-corrected chi connectivity index (χ0v) is 12.2. The predicted molar refractivity (Wildman–Crippen MR) is 82.9 cm³/mol.